The molecule has 0 aliphatic carbocycles. The van der Waals surface area contributed by atoms with Gasteiger partial charge in [0, 0.05) is 23.0 Å². The molecule has 0 bridgehead atoms. The Morgan fingerprint density at radius 1 is 1.18 bits per heavy atom. The molecule has 3 aromatic rings. The van der Waals surface area contributed by atoms with Gasteiger partial charge in [0.15, 0.2) is 0 Å². The smallest absolute Gasteiger partial charge is 0.416 e. The average Bonchev–Trinajstić information content (AvgIpc) is 3.43. The van der Waals surface area contributed by atoms with Crippen LogP contribution in [0.15, 0.2) is 48.5 Å². The van der Waals surface area contributed by atoms with E-state index in [1.54, 1.807) is 6.92 Å². The molecule has 5 atom stereocenters. The number of rotatable bonds is 6. The SMILES string of the molecule is CC[C@H](C)[C@H](NC(=O)[C@@H]1Cc2c([nH]c3ccccc23)[C@H]2CC(c3cccc(C(F)(F)F)c3)C(=O)N21)C(=O)O. The zero-order valence-corrected chi connectivity index (χ0v) is 20.9. The maximum atomic E-state index is 13.8. The first kappa shape index (κ1) is 25.8. The summed E-state index contributed by atoms with van der Waals surface area (Å²) in [5.74, 6) is -3.42. The van der Waals surface area contributed by atoms with E-state index in [4.69, 9.17) is 0 Å². The molecule has 38 heavy (non-hydrogen) atoms. The van der Waals surface area contributed by atoms with Crippen LogP contribution >= 0.6 is 0 Å². The molecule has 3 heterocycles. The largest absolute Gasteiger partial charge is 0.480 e. The maximum Gasteiger partial charge on any atom is 0.416 e. The molecule has 1 fully saturated rings. The number of nitrogens with zero attached hydrogens (tertiary/aromatic N) is 1. The van der Waals surface area contributed by atoms with Crippen LogP contribution in [0.3, 0.4) is 0 Å². The Balaban J connectivity index is 1.56. The number of hydrogen-bond acceptors (Lipinski definition) is 3. The number of aromatic amines is 1. The third-order valence-electron chi connectivity index (χ3n) is 7.96. The van der Waals surface area contributed by atoms with E-state index in [0.717, 1.165) is 34.3 Å². The summed E-state index contributed by atoms with van der Waals surface area (Å²) in [6, 6.07) is 9.57. The minimum Gasteiger partial charge on any atom is -0.480 e. The number of carboxylic acid groups (broad SMARTS) is 1. The zero-order chi connectivity index (χ0) is 27.4. The molecule has 5 rings (SSSR count). The van der Waals surface area contributed by atoms with E-state index < -0.39 is 53.6 Å². The number of halogens is 3. The van der Waals surface area contributed by atoms with E-state index in [1.807, 2.05) is 31.2 Å². The monoisotopic (exact) mass is 527 g/mol. The van der Waals surface area contributed by atoms with Crippen LogP contribution in [0.4, 0.5) is 13.2 Å². The van der Waals surface area contributed by atoms with Crippen LogP contribution in [0.25, 0.3) is 10.9 Å². The molecule has 0 saturated carbocycles. The third kappa shape index (κ3) is 4.31. The van der Waals surface area contributed by atoms with Gasteiger partial charge >= 0.3 is 12.1 Å². The van der Waals surface area contributed by atoms with Gasteiger partial charge in [-0.25, -0.2) is 4.79 Å². The number of amides is 2. The highest BCUT2D eigenvalue weighted by atomic mass is 19.4. The molecule has 1 aromatic heterocycles. The Bertz CT molecular complexity index is 1420. The second-order valence-corrected chi connectivity index (χ2v) is 10.2. The first-order chi connectivity index (χ1) is 18.0. The van der Waals surface area contributed by atoms with E-state index in [-0.39, 0.29) is 24.3 Å². The topological polar surface area (TPSA) is 103 Å². The van der Waals surface area contributed by atoms with Gasteiger partial charge in [-0.05, 0) is 35.6 Å². The van der Waals surface area contributed by atoms with E-state index in [1.165, 1.54) is 17.0 Å². The fraction of sp³-hybridized carbons (Fsp3) is 0.393. The first-order valence-electron chi connectivity index (χ1n) is 12.6. The summed E-state index contributed by atoms with van der Waals surface area (Å²) in [7, 11) is 0. The molecule has 0 radical (unpaired) electrons. The minimum absolute atomic E-state index is 0.162. The molecule has 1 unspecified atom stereocenters. The summed E-state index contributed by atoms with van der Waals surface area (Å²) in [4.78, 5) is 44.1. The molecule has 3 N–H and O–H groups in total. The van der Waals surface area contributed by atoms with Gasteiger partial charge in [0.25, 0.3) is 0 Å². The number of para-hydroxylation sites is 1. The number of nitrogens with one attached hydrogen (secondary N) is 2. The van der Waals surface area contributed by atoms with Crippen molar-refractivity contribution in [3.8, 4) is 0 Å². The van der Waals surface area contributed by atoms with Crippen LogP contribution in [0, 0.1) is 5.92 Å². The Labute approximate surface area is 217 Å². The molecule has 1 saturated heterocycles. The van der Waals surface area contributed by atoms with Crippen LogP contribution in [-0.4, -0.2) is 44.9 Å². The van der Waals surface area contributed by atoms with Gasteiger partial charge < -0.3 is 20.3 Å². The summed E-state index contributed by atoms with van der Waals surface area (Å²) in [5, 5.41) is 13.2. The maximum absolute atomic E-state index is 13.8. The Morgan fingerprint density at radius 2 is 1.92 bits per heavy atom. The molecule has 2 amide bonds. The predicted molar refractivity (Wildman–Crippen MR) is 133 cm³/mol. The van der Waals surface area contributed by atoms with Gasteiger partial charge in [0.2, 0.25) is 11.8 Å². The van der Waals surface area contributed by atoms with Crippen molar-refractivity contribution >= 4 is 28.7 Å². The highest BCUT2D eigenvalue weighted by Crippen LogP contribution is 2.48. The number of aromatic nitrogens is 1. The van der Waals surface area contributed by atoms with Gasteiger partial charge in [-0.15, -0.1) is 0 Å². The summed E-state index contributed by atoms with van der Waals surface area (Å²) < 4.78 is 40.2. The van der Waals surface area contributed by atoms with Crippen LogP contribution in [0.2, 0.25) is 0 Å². The molecule has 200 valence electrons. The van der Waals surface area contributed by atoms with Gasteiger partial charge in [0.1, 0.15) is 12.1 Å². The average molecular weight is 528 g/mol. The van der Waals surface area contributed by atoms with Crippen molar-refractivity contribution in [1.82, 2.24) is 15.2 Å². The lowest BCUT2D eigenvalue weighted by Crippen LogP contribution is -2.56. The Hall–Kier alpha value is -3.82. The second-order valence-electron chi connectivity index (χ2n) is 10.2. The van der Waals surface area contributed by atoms with E-state index in [9.17, 15) is 32.7 Å². The van der Waals surface area contributed by atoms with E-state index in [0.29, 0.717) is 6.42 Å². The molecule has 2 aliphatic rings. The zero-order valence-electron chi connectivity index (χ0n) is 20.9. The number of carboxylic acids is 1. The van der Waals surface area contributed by atoms with Crippen LogP contribution in [0.1, 0.15) is 61.0 Å². The molecular weight excluding hydrogens is 499 g/mol. The van der Waals surface area contributed by atoms with Crippen LogP contribution < -0.4 is 5.32 Å². The number of carbonyl (C=O) groups is 3. The summed E-state index contributed by atoms with van der Waals surface area (Å²) in [5.41, 5.74) is 1.84. The summed E-state index contributed by atoms with van der Waals surface area (Å²) >= 11 is 0. The number of H-pyrrole nitrogens is 1. The molecule has 10 heteroatoms. The van der Waals surface area contributed by atoms with E-state index >= 15 is 0 Å². The quantitative estimate of drug-likeness (QED) is 0.429. The normalized spacial score (nSPS) is 22.6. The number of hydrogen-bond donors (Lipinski definition) is 3. The molecule has 7 nitrogen and oxygen atoms in total. The van der Waals surface area contributed by atoms with E-state index in [2.05, 4.69) is 10.3 Å². The molecular formula is C28H28F3N3O4. The molecule has 2 aromatic carbocycles. The minimum atomic E-state index is -4.56. The van der Waals surface area contributed by atoms with Crippen molar-refractivity contribution in [3.63, 3.8) is 0 Å². The van der Waals surface area contributed by atoms with Crippen molar-refractivity contribution in [2.45, 2.75) is 63.3 Å². The van der Waals surface area contributed by atoms with Crippen molar-refractivity contribution in [2.75, 3.05) is 0 Å². The number of fused-ring (bicyclic) bond motifs is 5. The summed E-state index contributed by atoms with van der Waals surface area (Å²) in [6.45, 7) is 3.55. The van der Waals surface area contributed by atoms with Crippen LogP contribution in [0.5, 0.6) is 0 Å². The van der Waals surface area contributed by atoms with Crippen LogP contribution in [-0.2, 0) is 27.0 Å². The number of carbonyl (C=O) groups excluding carboxylic acids is 2. The number of alkyl halides is 3. The summed E-state index contributed by atoms with van der Waals surface area (Å²) in [6.07, 6.45) is -3.68. The number of aliphatic carboxylic acids is 1. The highest BCUT2D eigenvalue weighted by molar-refractivity contribution is 5.96. The predicted octanol–water partition coefficient (Wildman–Crippen LogP) is 4.78. The lowest BCUT2D eigenvalue weighted by atomic mass is 9.89. The Morgan fingerprint density at radius 3 is 2.61 bits per heavy atom. The standard InChI is InChI=1S/C28H28F3N3O4/c1-3-14(2)23(27(37)38)33-25(35)22-13-19-17-9-4-5-10-20(17)32-24(19)21-12-18(26(36)34(21)22)15-7-6-8-16(11-15)28(29,30)31/h4-11,14,18,21-23,32H,3,12-13H2,1-2H3,(H,33,35)(H,37,38)/t14-,18?,21+,22-,23-/m0/s1. The van der Waals surface area contributed by atoms with Gasteiger partial charge in [0.05, 0.1) is 17.5 Å². The fourth-order valence-corrected chi connectivity index (χ4v) is 5.78. The first-order valence-corrected chi connectivity index (χ1v) is 12.6. The van der Waals surface area contributed by atoms with Gasteiger partial charge in [-0.1, -0.05) is 56.7 Å². The van der Waals surface area contributed by atoms with Gasteiger partial charge in [-0.2, -0.15) is 13.2 Å². The second kappa shape index (κ2) is 9.49. The van der Waals surface area contributed by atoms with Crippen molar-refractivity contribution in [3.05, 3.63) is 70.9 Å². The Kier molecular flexibility index (Phi) is 6.44. The molecule has 2 aliphatic heterocycles. The van der Waals surface area contributed by atoms with Crippen molar-refractivity contribution in [2.24, 2.45) is 5.92 Å². The lowest BCUT2D eigenvalue weighted by molar-refractivity contribution is -0.146. The lowest BCUT2D eigenvalue weighted by Gasteiger charge is -2.37. The highest BCUT2D eigenvalue weighted by Gasteiger charge is 2.51. The third-order valence-corrected chi connectivity index (χ3v) is 7.96. The van der Waals surface area contributed by atoms with Crippen molar-refractivity contribution < 1.29 is 32.7 Å². The number of benzene rings is 2. The van der Waals surface area contributed by atoms with Crippen molar-refractivity contribution in [1.29, 1.82) is 0 Å². The fourth-order valence-electron chi connectivity index (χ4n) is 5.78. The van der Waals surface area contributed by atoms with Gasteiger partial charge in [-0.3, -0.25) is 9.59 Å². The molecule has 0 spiro atoms.